The third-order valence-electron chi connectivity index (χ3n) is 10.5. The summed E-state index contributed by atoms with van der Waals surface area (Å²) in [6.45, 7) is 4.18. The molecule has 0 saturated carbocycles. The normalized spacial score (nSPS) is 13.1. The average molecular weight is 713 g/mol. The molecule has 1 aliphatic rings. The molecule has 0 bridgehead atoms. The van der Waals surface area contributed by atoms with Crippen molar-refractivity contribution < 1.29 is 23.7 Å². The Morgan fingerprint density at radius 2 is 0.907 bits per heavy atom. The quantitative estimate of drug-likeness (QED) is 0.148. The predicted molar refractivity (Wildman–Crippen MR) is 216 cm³/mol. The van der Waals surface area contributed by atoms with Crippen molar-refractivity contribution in [1.29, 1.82) is 0 Å². The van der Waals surface area contributed by atoms with E-state index in [-0.39, 0.29) is 5.91 Å². The molecular weight excluding hydrogens is 673 g/mol. The lowest BCUT2D eigenvalue weighted by Crippen LogP contribution is -2.40. The maximum absolute atomic E-state index is 14.6. The number of carbonyl (C=O) groups excluding carboxylic acids is 1. The summed E-state index contributed by atoms with van der Waals surface area (Å²) in [5.74, 6) is 3.49. The Morgan fingerprint density at radius 3 is 1.35 bits per heavy atom. The average Bonchev–Trinajstić information content (AvgIpc) is 3.43. The van der Waals surface area contributed by atoms with E-state index in [2.05, 4.69) is 68.4 Å². The number of aromatic nitrogens is 1. The van der Waals surface area contributed by atoms with Gasteiger partial charge in [0.1, 0.15) is 28.8 Å². The first-order valence-corrected chi connectivity index (χ1v) is 17.8. The molecule has 0 radical (unpaired) electrons. The van der Waals surface area contributed by atoms with E-state index in [0.717, 1.165) is 83.8 Å². The van der Waals surface area contributed by atoms with Gasteiger partial charge in [0.2, 0.25) is 0 Å². The van der Waals surface area contributed by atoms with Crippen LogP contribution >= 0.6 is 0 Å². The van der Waals surface area contributed by atoms with Gasteiger partial charge >= 0.3 is 0 Å². The van der Waals surface area contributed by atoms with Gasteiger partial charge in [-0.25, -0.2) is 4.98 Å². The monoisotopic (exact) mass is 712 g/mol. The lowest BCUT2D eigenvalue weighted by molar-refractivity contribution is 0.0981. The zero-order valence-corrected chi connectivity index (χ0v) is 31.1. The maximum atomic E-state index is 14.6. The van der Waals surface area contributed by atoms with Crippen LogP contribution in [0, 0.1) is 0 Å². The summed E-state index contributed by atoms with van der Waals surface area (Å²) < 4.78 is 22.5. The van der Waals surface area contributed by atoms with Crippen LogP contribution in [0.4, 0.5) is 5.82 Å². The van der Waals surface area contributed by atoms with Gasteiger partial charge < -0.3 is 18.9 Å². The fraction of sp³-hybridized carbons (Fsp3) is 0.149. The Morgan fingerprint density at radius 1 is 0.500 bits per heavy atom. The SMILES string of the molecule is COc1ccc(-c2c(-c3ccc(OC)cc3)c(-c3ccc(OC)cc3)c3c(N4C(=O)c5ccccc5C4(C)C)nccc3c2-c2ccc(OC)cc2)cc1. The number of methoxy groups -OCH3 is 4. The number of rotatable bonds is 9. The number of hydrogen-bond acceptors (Lipinski definition) is 6. The molecule has 268 valence electrons. The molecule has 7 heteroatoms. The highest BCUT2D eigenvalue weighted by atomic mass is 16.5. The van der Waals surface area contributed by atoms with Crippen LogP contribution in [0.2, 0.25) is 0 Å². The minimum atomic E-state index is -0.693. The summed E-state index contributed by atoms with van der Waals surface area (Å²) in [6.07, 6.45) is 1.82. The molecule has 0 aliphatic carbocycles. The molecule has 0 atom stereocenters. The van der Waals surface area contributed by atoms with Crippen molar-refractivity contribution in [2.45, 2.75) is 19.4 Å². The molecule has 7 nitrogen and oxygen atoms in total. The lowest BCUT2D eigenvalue weighted by Gasteiger charge is -2.34. The van der Waals surface area contributed by atoms with Gasteiger partial charge in [-0.3, -0.25) is 9.69 Å². The summed E-state index contributed by atoms with van der Waals surface area (Å²) in [7, 11) is 6.68. The second-order valence-electron chi connectivity index (χ2n) is 13.7. The van der Waals surface area contributed by atoms with Gasteiger partial charge in [0, 0.05) is 22.7 Å². The zero-order valence-electron chi connectivity index (χ0n) is 31.1. The van der Waals surface area contributed by atoms with Gasteiger partial charge in [0.25, 0.3) is 5.91 Å². The summed E-state index contributed by atoms with van der Waals surface area (Å²) in [4.78, 5) is 21.6. The zero-order chi connectivity index (χ0) is 37.6. The fourth-order valence-electron chi connectivity index (χ4n) is 7.84. The highest BCUT2D eigenvalue weighted by Crippen LogP contribution is 2.54. The van der Waals surface area contributed by atoms with Crippen LogP contribution in [0.5, 0.6) is 23.0 Å². The van der Waals surface area contributed by atoms with Gasteiger partial charge in [0.15, 0.2) is 0 Å². The summed E-state index contributed by atoms with van der Waals surface area (Å²) in [6, 6.07) is 42.5. The molecule has 1 amide bonds. The van der Waals surface area contributed by atoms with Crippen LogP contribution in [0.15, 0.2) is 134 Å². The van der Waals surface area contributed by atoms with Crippen molar-refractivity contribution in [3.8, 4) is 67.5 Å². The van der Waals surface area contributed by atoms with E-state index in [9.17, 15) is 4.79 Å². The van der Waals surface area contributed by atoms with Crippen LogP contribution in [0.25, 0.3) is 55.3 Å². The smallest absolute Gasteiger partial charge is 0.260 e. The van der Waals surface area contributed by atoms with Gasteiger partial charge in [-0.15, -0.1) is 0 Å². The van der Waals surface area contributed by atoms with E-state index < -0.39 is 5.54 Å². The van der Waals surface area contributed by atoms with Crippen LogP contribution in [-0.4, -0.2) is 39.3 Å². The highest BCUT2D eigenvalue weighted by molar-refractivity contribution is 6.24. The van der Waals surface area contributed by atoms with Crippen molar-refractivity contribution in [2.24, 2.45) is 0 Å². The number of pyridine rings is 1. The minimum absolute atomic E-state index is 0.0903. The highest BCUT2D eigenvalue weighted by Gasteiger charge is 2.45. The van der Waals surface area contributed by atoms with Crippen molar-refractivity contribution >= 4 is 22.5 Å². The molecule has 0 N–H and O–H groups in total. The van der Waals surface area contributed by atoms with Crippen LogP contribution in [-0.2, 0) is 5.54 Å². The van der Waals surface area contributed by atoms with Crippen LogP contribution in [0.1, 0.15) is 29.8 Å². The number of benzene rings is 6. The molecule has 1 aliphatic heterocycles. The van der Waals surface area contributed by atoms with Crippen molar-refractivity contribution in [1.82, 2.24) is 4.98 Å². The summed E-state index contributed by atoms with van der Waals surface area (Å²) in [5, 5.41) is 1.80. The molecule has 0 fully saturated rings. The lowest BCUT2D eigenvalue weighted by atomic mass is 9.79. The molecule has 0 saturated heterocycles. The summed E-state index contributed by atoms with van der Waals surface area (Å²) in [5.41, 5.74) is 8.74. The van der Waals surface area contributed by atoms with E-state index in [1.54, 1.807) is 28.4 Å². The van der Waals surface area contributed by atoms with E-state index >= 15 is 0 Å². The predicted octanol–water partition coefficient (Wildman–Crippen LogP) is 10.8. The molecule has 0 spiro atoms. The molecule has 8 rings (SSSR count). The molecule has 2 heterocycles. The number of fused-ring (bicyclic) bond motifs is 2. The Kier molecular flexibility index (Phi) is 8.78. The Labute approximate surface area is 315 Å². The van der Waals surface area contributed by atoms with Crippen LogP contribution < -0.4 is 23.8 Å². The fourth-order valence-corrected chi connectivity index (χ4v) is 7.84. The molecular formula is C47H40N2O5. The topological polar surface area (TPSA) is 70.1 Å². The summed E-state index contributed by atoms with van der Waals surface area (Å²) >= 11 is 0. The van der Waals surface area contributed by atoms with Gasteiger partial charge in [-0.2, -0.15) is 0 Å². The maximum Gasteiger partial charge on any atom is 0.260 e. The number of carbonyl (C=O) groups is 1. The van der Waals surface area contributed by atoms with Gasteiger partial charge in [-0.1, -0.05) is 66.7 Å². The van der Waals surface area contributed by atoms with Gasteiger partial charge in [-0.05, 0) is 124 Å². The first-order chi connectivity index (χ1) is 26.3. The Bertz CT molecular complexity index is 2510. The number of hydrogen-bond donors (Lipinski definition) is 0. The van der Waals surface area contributed by atoms with E-state index in [0.29, 0.717) is 11.4 Å². The Balaban J connectivity index is 1.60. The van der Waals surface area contributed by atoms with E-state index in [1.807, 2.05) is 83.9 Å². The number of nitrogens with zero attached hydrogens (tertiary/aromatic N) is 2. The molecule has 54 heavy (non-hydrogen) atoms. The first-order valence-electron chi connectivity index (χ1n) is 17.8. The van der Waals surface area contributed by atoms with Crippen molar-refractivity contribution in [2.75, 3.05) is 33.3 Å². The number of amides is 1. The van der Waals surface area contributed by atoms with E-state index in [1.165, 1.54) is 0 Å². The number of anilines is 1. The Hall–Kier alpha value is -6.60. The second-order valence-corrected chi connectivity index (χ2v) is 13.7. The van der Waals surface area contributed by atoms with E-state index in [4.69, 9.17) is 23.9 Å². The first kappa shape index (κ1) is 34.5. The van der Waals surface area contributed by atoms with Crippen molar-refractivity contribution in [3.63, 3.8) is 0 Å². The molecule has 0 unspecified atom stereocenters. The standard InChI is InChI=1S/C47H40N2O5/c1-47(2)39-10-8-7-9-37(39)46(50)49(47)45-44-38(27-28-48-45)40(29-11-19-33(51-3)20-12-29)41(30-13-21-34(52-4)22-14-30)42(31-15-23-35(53-5)24-16-31)43(44)32-17-25-36(54-6)26-18-32/h7-28H,1-6H3. The number of ether oxygens (including phenoxy) is 4. The van der Waals surface area contributed by atoms with Gasteiger partial charge in [0.05, 0.1) is 34.0 Å². The third-order valence-corrected chi connectivity index (χ3v) is 10.5. The largest absolute Gasteiger partial charge is 0.497 e. The third kappa shape index (κ3) is 5.60. The van der Waals surface area contributed by atoms with Crippen LogP contribution in [0.3, 0.4) is 0 Å². The molecule has 1 aromatic heterocycles. The second kappa shape index (κ2) is 13.7. The molecule has 6 aromatic carbocycles. The van der Waals surface area contributed by atoms with Crippen molar-refractivity contribution in [3.05, 3.63) is 145 Å². The molecule has 7 aromatic rings. The minimum Gasteiger partial charge on any atom is -0.497 e.